The number of aryl methyl sites for hydroxylation is 1. The van der Waals surface area contributed by atoms with Crippen molar-refractivity contribution in [1.29, 1.82) is 0 Å². The van der Waals surface area contributed by atoms with Gasteiger partial charge in [-0.1, -0.05) is 43.6 Å². The number of hydrogen-bond acceptors (Lipinski definition) is 3. The van der Waals surface area contributed by atoms with Crippen molar-refractivity contribution >= 4 is 38.9 Å². The minimum Gasteiger partial charge on any atom is -0.319 e. The molecule has 0 atom stereocenters. The molecule has 5 nitrogen and oxygen atoms in total. The highest BCUT2D eigenvalue weighted by atomic mass is 35.5. The SMILES string of the molecule is Cc1cccc(C(C)C)c1NS(=O)(=O)c1ccc(NC(=O)c2ccc(Cl)cc2)c(F)c1. The first-order valence-corrected chi connectivity index (χ1v) is 11.4. The van der Waals surface area contributed by atoms with Crippen molar-refractivity contribution in [2.45, 2.75) is 31.6 Å². The highest BCUT2D eigenvalue weighted by Crippen LogP contribution is 2.30. The second-order valence-electron chi connectivity index (χ2n) is 7.40. The van der Waals surface area contributed by atoms with E-state index in [0.717, 1.165) is 17.2 Å². The van der Waals surface area contributed by atoms with Crippen LogP contribution < -0.4 is 10.0 Å². The number of halogens is 2. The van der Waals surface area contributed by atoms with Crippen LogP contribution in [0.5, 0.6) is 0 Å². The van der Waals surface area contributed by atoms with E-state index in [9.17, 15) is 17.6 Å². The van der Waals surface area contributed by atoms with Crippen molar-refractivity contribution < 1.29 is 17.6 Å². The van der Waals surface area contributed by atoms with Crippen LogP contribution in [0.15, 0.2) is 65.6 Å². The van der Waals surface area contributed by atoms with Gasteiger partial charge in [0.2, 0.25) is 0 Å². The molecule has 0 aromatic heterocycles. The lowest BCUT2D eigenvalue weighted by molar-refractivity contribution is 0.102. The molecular formula is C23H22ClFN2O3S. The van der Waals surface area contributed by atoms with Gasteiger partial charge in [-0.15, -0.1) is 0 Å². The average molecular weight is 461 g/mol. The zero-order valence-electron chi connectivity index (χ0n) is 17.2. The van der Waals surface area contributed by atoms with Crippen LogP contribution in [0.4, 0.5) is 15.8 Å². The minimum absolute atomic E-state index is 0.0970. The molecule has 8 heteroatoms. The predicted molar refractivity (Wildman–Crippen MR) is 122 cm³/mol. The van der Waals surface area contributed by atoms with Crippen molar-refractivity contribution in [1.82, 2.24) is 0 Å². The molecule has 31 heavy (non-hydrogen) atoms. The van der Waals surface area contributed by atoms with Crippen LogP contribution in [0.3, 0.4) is 0 Å². The molecule has 2 N–H and O–H groups in total. The quantitative estimate of drug-likeness (QED) is 0.476. The number of amides is 1. The molecule has 3 aromatic rings. The van der Waals surface area contributed by atoms with E-state index < -0.39 is 21.7 Å². The molecule has 0 fully saturated rings. The van der Waals surface area contributed by atoms with Crippen LogP contribution in [-0.2, 0) is 10.0 Å². The van der Waals surface area contributed by atoms with Gasteiger partial charge in [0.1, 0.15) is 5.82 Å². The van der Waals surface area contributed by atoms with Gasteiger partial charge in [-0.05, 0) is 66.4 Å². The van der Waals surface area contributed by atoms with Gasteiger partial charge in [0.05, 0.1) is 16.3 Å². The molecule has 0 heterocycles. The molecule has 1 amide bonds. The number of anilines is 2. The Balaban J connectivity index is 1.85. The molecule has 3 rings (SSSR count). The fourth-order valence-corrected chi connectivity index (χ4v) is 4.36. The van der Waals surface area contributed by atoms with Gasteiger partial charge in [0, 0.05) is 10.6 Å². The standard InChI is InChI=1S/C23H22ClFN2O3S/c1-14(2)19-6-4-5-15(3)22(19)27-31(29,30)18-11-12-21(20(25)13-18)26-23(28)16-7-9-17(24)10-8-16/h4-14,27H,1-3H3,(H,26,28). The van der Waals surface area contributed by atoms with E-state index in [0.29, 0.717) is 16.3 Å². The normalized spacial score (nSPS) is 11.4. The Morgan fingerprint density at radius 1 is 1.03 bits per heavy atom. The summed E-state index contributed by atoms with van der Waals surface area (Å²) >= 11 is 5.80. The maximum atomic E-state index is 14.6. The van der Waals surface area contributed by atoms with Crippen LogP contribution in [0.1, 0.15) is 41.3 Å². The van der Waals surface area contributed by atoms with Crippen LogP contribution in [0.25, 0.3) is 0 Å². The molecule has 0 saturated heterocycles. The highest BCUT2D eigenvalue weighted by molar-refractivity contribution is 7.92. The fourth-order valence-electron chi connectivity index (χ4n) is 3.06. The van der Waals surface area contributed by atoms with E-state index in [1.54, 1.807) is 25.1 Å². The summed E-state index contributed by atoms with van der Waals surface area (Å²) < 4.78 is 43.0. The van der Waals surface area contributed by atoms with Crippen LogP contribution in [0, 0.1) is 12.7 Å². The zero-order valence-corrected chi connectivity index (χ0v) is 18.8. The predicted octanol–water partition coefficient (Wildman–Crippen LogP) is 5.96. The minimum atomic E-state index is -4.03. The molecule has 0 radical (unpaired) electrons. The van der Waals surface area contributed by atoms with Gasteiger partial charge >= 0.3 is 0 Å². The summed E-state index contributed by atoms with van der Waals surface area (Å²) in [7, 11) is -4.03. The smallest absolute Gasteiger partial charge is 0.262 e. The van der Waals surface area contributed by atoms with Crippen molar-refractivity contribution in [3.63, 3.8) is 0 Å². The maximum Gasteiger partial charge on any atom is 0.262 e. The van der Waals surface area contributed by atoms with E-state index in [2.05, 4.69) is 10.0 Å². The summed E-state index contributed by atoms with van der Waals surface area (Å²) in [5, 5.41) is 2.91. The van der Waals surface area contributed by atoms with Gasteiger partial charge in [-0.25, -0.2) is 12.8 Å². The highest BCUT2D eigenvalue weighted by Gasteiger charge is 2.20. The van der Waals surface area contributed by atoms with Crippen LogP contribution >= 0.6 is 11.6 Å². The van der Waals surface area contributed by atoms with Crippen molar-refractivity contribution in [3.8, 4) is 0 Å². The Labute approximate surface area is 186 Å². The third-order valence-electron chi connectivity index (χ3n) is 4.77. The lowest BCUT2D eigenvalue weighted by Crippen LogP contribution is -2.17. The van der Waals surface area contributed by atoms with Gasteiger partial charge in [0.15, 0.2) is 0 Å². The fraction of sp³-hybridized carbons (Fsp3) is 0.174. The van der Waals surface area contributed by atoms with E-state index in [1.165, 1.54) is 24.3 Å². The monoisotopic (exact) mass is 460 g/mol. The summed E-state index contributed by atoms with van der Waals surface area (Å²) in [4.78, 5) is 12.0. The first-order valence-electron chi connectivity index (χ1n) is 9.57. The number of hydrogen-bond donors (Lipinski definition) is 2. The summed E-state index contributed by atoms with van der Waals surface area (Å²) in [5.74, 6) is -1.30. The van der Waals surface area contributed by atoms with E-state index in [-0.39, 0.29) is 16.5 Å². The molecule has 0 aliphatic carbocycles. The number of benzene rings is 3. The lowest BCUT2D eigenvalue weighted by Gasteiger charge is -2.17. The van der Waals surface area contributed by atoms with E-state index >= 15 is 0 Å². The molecule has 162 valence electrons. The third kappa shape index (κ3) is 5.24. The topological polar surface area (TPSA) is 75.3 Å². The lowest BCUT2D eigenvalue weighted by atomic mass is 9.99. The Hall–Kier alpha value is -2.90. The average Bonchev–Trinajstić information content (AvgIpc) is 2.71. The molecule has 0 bridgehead atoms. The van der Waals surface area contributed by atoms with Crippen molar-refractivity contribution in [2.24, 2.45) is 0 Å². The molecule has 0 saturated carbocycles. The Bertz CT molecular complexity index is 1230. The van der Waals surface area contributed by atoms with E-state index in [1.807, 2.05) is 26.0 Å². The molecule has 0 aliphatic rings. The number of sulfonamides is 1. The summed E-state index contributed by atoms with van der Waals surface area (Å²) in [6.45, 7) is 5.73. The number of nitrogens with one attached hydrogen (secondary N) is 2. The molecule has 0 spiro atoms. The zero-order chi connectivity index (χ0) is 22.8. The third-order valence-corrected chi connectivity index (χ3v) is 6.37. The Morgan fingerprint density at radius 2 is 1.71 bits per heavy atom. The second-order valence-corrected chi connectivity index (χ2v) is 9.52. The molecular weight excluding hydrogens is 439 g/mol. The number of para-hydroxylation sites is 1. The van der Waals surface area contributed by atoms with Gasteiger partial charge in [0.25, 0.3) is 15.9 Å². The Kier molecular flexibility index (Phi) is 6.67. The molecule has 0 aliphatic heterocycles. The van der Waals surface area contributed by atoms with Crippen molar-refractivity contribution in [3.05, 3.63) is 88.2 Å². The first kappa shape index (κ1) is 22.8. The van der Waals surface area contributed by atoms with Crippen LogP contribution in [-0.4, -0.2) is 14.3 Å². The van der Waals surface area contributed by atoms with Crippen molar-refractivity contribution in [2.75, 3.05) is 10.0 Å². The van der Waals surface area contributed by atoms with Gasteiger partial charge < -0.3 is 5.32 Å². The number of rotatable bonds is 6. The molecule has 3 aromatic carbocycles. The summed E-state index contributed by atoms with van der Waals surface area (Å²) in [6.07, 6.45) is 0. The Morgan fingerprint density at radius 3 is 2.32 bits per heavy atom. The van der Waals surface area contributed by atoms with Gasteiger partial charge in [-0.3, -0.25) is 9.52 Å². The molecule has 0 unspecified atom stereocenters. The maximum absolute atomic E-state index is 14.6. The largest absolute Gasteiger partial charge is 0.319 e. The summed E-state index contributed by atoms with van der Waals surface area (Å²) in [6, 6.07) is 15.0. The van der Waals surface area contributed by atoms with E-state index in [4.69, 9.17) is 11.6 Å². The first-order chi connectivity index (χ1) is 14.6. The number of carbonyl (C=O) groups excluding carboxylic acids is 1. The van der Waals surface area contributed by atoms with Gasteiger partial charge in [-0.2, -0.15) is 0 Å². The summed E-state index contributed by atoms with van der Waals surface area (Å²) in [5.41, 5.74) is 2.26. The van der Waals surface area contributed by atoms with Crippen LogP contribution in [0.2, 0.25) is 5.02 Å². The second kappa shape index (κ2) is 9.08. The number of carbonyl (C=O) groups is 1.